The molecule has 0 amide bonds. The van der Waals surface area contributed by atoms with E-state index < -0.39 is 12.1 Å². The molecule has 0 saturated heterocycles. The molecule has 1 aromatic carbocycles. The lowest BCUT2D eigenvalue weighted by atomic mass is 10.0. The third kappa shape index (κ3) is 11.6. The number of aliphatic carboxylic acids is 1. The summed E-state index contributed by atoms with van der Waals surface area (Å²) in [5, 5.41) is 9.68. The van der Waals surface area contributed by atoms with Gasteiger partial charge in [-0.3, -0.25) is 0 Å². The van der Waals surface area contributed by atoms with Crippen LogP contribution in [0.4, 0.5) is 0 Å². The number of aryl methyl sites for hydroxylation is 1. The van der Waals surface area contributed by atoms with Gasteiger partial charge in [-0.1, -0.05) is 95.6 Å². The molecule has 1 aromatic rings. The zero-order valence-corrected chi connectivity index (χ0v) is 18.6. The van der Waals surface area contributed by atoms with Crippen molar-refractivity contribution < 1.29 is 14.6 Å². The maximum absolute atomic E-state index is 10.9. The van der Waals surface area contributed by atoms with Crippen molar-refractivity contribution >= 4 is 17.6 Å². The van der Waals surface area contributed by atoms with Crippen molar-refractivity contribution in [1.82, 2.24) is 0 Å². The first kappa shape index (κ1) is 24.8. The number of carbonyl (C=O) groups is 1. The maximum atomic E-state index is 10.9. The Kier molecular flexibility index (Phi) is 13.9. The summed E-state index contributed by atoms with van der Waals surface area (Å²) in [4.78, 5) is 10.9. The number of carboxylic acid groups (broad SMARTS) is 1. The predicted octanol–water partition coefficient (Wildman–Crippen LogP) is 7.83. The van der Waals surface area contributed by atoms with Gasteiger partial charge < -0.3 is 9.84 Å². The minimum absolute atomic E-state index is 0.573. The van der Waals surface area contributed by atoms with Gasteiger partial charge in [0.05, 0.1) is 0 Å². The van der Waals surface area contributed by atoms with Crippen molar-refractivity contribution in [2.75, 3.05) is 0 Å². The molecule has 3 nitrogen and oxygen atoms in total. The summed E-state index contributed by atoms with van der Waals surface area (Å²) in [6.45, 7) is 3.80. The highest BCUT2D eigenvalue weighted by atomic mass is 35.5. The molecule has 1 N–H and O–H groups in total. The number of ether oxygens (including phenoxy) is 1. The van der Waals surface area contributed by atoms with Crippen LogP contribution in [0.2, 0.25) is 5.02 Å². The average Bonchev–Trinajstić information content (AvgIpc) is 2.67. The predicted molar refractivity (Wildman–Crippen MR) is 119 cm³/mol. The van der Waals surface area contributed by atoms with Gasteiger partial charge in [-0.15, -0.1) is 0 Å². The van der Waals surface area contributed by atoms with E-state index in [0.717, 1.165) is 23.4 Å². The highest BCUT2D eigenvalue weighted by molar-refractivity contribution is 6.31. The van der Waals surface area contributed by atoms with Crippen LogP contribution in [0.3, 0.4) is 0 Å². The molecule has 0 aliphatic heterocycles. The smallest absolute Gasteiger partial charge is 0.344 e. The number of halogens is 1. The second-order valence-corrected chi connectivity index (χ2v) is 8.25. The Morgan fingerprint density at radius 3 is 1.93 bits per heavy atom. The van der Waals surface area contributed by atoms with Gasteiger partial charge in [0.1, 0.15) is 5.75 Å². The number of carboxylic acids is 1. The molecule has 0 unspecified atom stereocenters. The molecule has 1 atom stereocenters. The van der Waals surface area contributed by atoms with Crippen molar-refractivity contribution in [2.24, 2.45) is 0 Å². The second kappa shape index (κ2) is 15.7. The Balaban J connectivity index is 2.09. The Labute approximate surface area is 176 Å². The van der Waals surface area contributed by atoms with Gasteiger partial charge in [0, 0.05) is 5.02 Å². The van der Waals surface area contributed by atoms with E-state index in [2.05, 4.69) is 6.92 Å². The van der Waals surface area contributed by atoms with Crippen LogP contribution in [-0.2, 0) is 11.2 Å². The van der Waals surface area contributed by atoms with E-state index in [9.17, 15) is 4.79 Å². The first-order valence-corrected chi connectivity index (χ1v) is 11.6. The topological polar surface area (TPSA) is 46.5 Å². The average molecular weight is 411 g/mol. The fourth-order valence-corrected chi connectivity index (χ4v) is 3.62. The standard InChI is InChI=1S/C24H39ClO3/c1-3-4-5-6-7-8-9-10-11-12-13-14-15-16-21-19-22(17-18-23(21)25)28-20(2)24(26)27/h17-20H,3-16H2,1-2H3,(H,26,27)/t20-/m1/s1. The van der Waals surface area contributed by atoms with Crippen LogP contribution in [0.25, 0.3) is 0 Å². The molecule has 1 rings (SSSR count). The Morgan fingerprint density at radius 1 is 0.929 bits per heavy atom. The van der Waals surface area contributed by atoms with E-state index in [1.807, 2.05) is 6.07 Å². The number of benzene rings is 1. The first-order valence-electron chi connectivity index (χ1n) is 11.2. The van der Waals surface area contributed by atoms with Gasteiger partial charge in [0.15, 0.2) is 6.10 Å². The molecule has 0 heterocycles. The quantitative estimate of drug-likeness (QED) is 0.266. The molecule has 0 spiro atoms. The zero-order valence-electron chi connectivity index (χ0n) is 17.9. The van der Waals surface area contributed by atoms with Crippen LogP contribution in [0.15, 0.2) is 18.2 Å². The minimum atomic E-state index is -0.965. The molecule has 0 saturated carbocycles. The SMILES string of the molecule is CCCCCCCCCCCCCCCc1cc(O[C@H](C)C(=O)O)ccc1Cl. The minimum Gasteiger partial charge on any atom is -0.479 e. The summed E-state index contributed by atoms with van der Waals surface area (Å²) in [6.07, 6.45) is 17.5. The van der Waals surface area contributed by atoms with E-state index in [0.29, 0.717) is 5.75 Å². The Hall–Kier alpha value is -1.22. The lowest BCUT2D eigenvalue weighted by Gasteiger charge is -2.12. The van der Waals surface area contributed by atoms with E-state index >= 15 is 0 Å². The van der Waals surface area contributed by atoms with E-state index in [1.165, 1.54) is 84.0 Å². The summed E-state index contributed by atoms with van der Waals surface area (Å²) in [5.74, 6) is -0.392. The van der Waals surface area contributed by atoms with E-state index in [-0.39, 0.29) is 0 Å². The fourth-order valence-electron chi connectivity index (χ4n) is 3.40. The normalized spacial score (nSPS) is 12.1. The van der Waals surface area contributed by atoms with Crippen LogP contribution in [-0.4, -0.2) is 17.2 Å². The van der Waals surface area contributed by atoms with Crippen molar-refractivity contribution in [3.63, 3.8) is 0 Å². The molecule has 0 fully saturated rings. The highest BCUT2D eigenvalue weighted by Gasteiger charge is 2.13. The molecule has 160 valence electrons. The molecule has 0 aliphatic carbocycles. The number of rotatable bonds is 17. The third-order valence-corrected chi connectivity index (χ3v) is 5.60. The first-order chi connectivity index (χ1) is 13.5. The van der Waals surface area contributed by atoms with Crippen molar-refractivity contribution in [3.05, 3.63) is 28.8 Å². The van der Waals surface area contributed by atoms with Crippen molar-refractivity contribution in [1.29, 1.82) is 0 Å². The van der Waals surface area contributed by atoms with Crippen LogP contribution in [0.1, 0.15) is 103 Å². The van der Waals surface area contributed by atoms with Gasteiger partial charge in [-0.05, 0) is 43.5 Å². The zero-order chi connectivity index (χ0) is 20.6. The number of hydrogen-bond donors (Lipinski definition) is 1. The van der Waals surface area contributed by atoms with E-state index in [1.54, 1.807) is 12.1 Å². The number of hydrogen-bond acceptors (Lipinski definition) is 2. The molecule has 0 bridgehead atoms. The van der Waals surface area contributed by atoms with Crippen LogP contribution in [0.5, 0.6) is 5.75 Å². The third-order valence-electron chi connectivity index (χ3n) is 5.23. The largest absolute Gasteiger partial charge is 0.479 e. The molecule has 0 aromatic heterocycles. The maximum Gasteiger partial charge on any atom is 0.344 e. The number of unbranched alkanes of at least 4 members (excludes halogenated alkanes) is 12. The molecule has 28 heavy (non-hydrogen) atoms. The summed E-state index contributed by atoms with van der Waals surface area (Å²) in [6, 6.07) is 5.40. The Morgan fingerprint density at radius 2 is 1.43 bits per heavy atom. The molecule has 4 heteroatoms. The van der Waals surface area contributed by atoms with Crippen LogP contribution < -0.4 is 4.74 Å². The van der Waals surface area contributed by atoms with Gasteiger partial charge in [-0.2, -0.15) is 0 Å². The molecule has 0 aliphatic rings. The lowest BCUT2D eigenvalue weighted by Crippen LogP contribution is -2.22. The molecular weight excluding hydrogens is 372 g/mol. The summed E-state index contributed by atoms with van der Waals surface area (Å²) < 4.78 is 5.43. The van der Waals surface area contributed by atoms with Crippen molar-refractivity contribution in [3.8, 4) is 5.75 Å². The van der Waals surface area contributed by atoms with Crippen LogP contribution >= 0.6 is 11.6 Å². The monoisotopic (exact) mass is 410 g/mol. The fraction of sp³-hybridized carbons (Fsp3) is 0.708. The van der Waals surface area contributed by atoms with Gasteiger partial charge >= 0.3 is 5.97 Å². The Bertz CT molecular complexity index is 545. The summed E-state index contributed by atoms with van der Waals surface area (Å²) in [7, 11) is 0. The molecular formula is C24H39ClO3. The van der Waals surface area contributed by atoms with Gasteiger partial charge in [0.25, 0.3) is 0 Å². The van der Waals surface area contributed by atoms with Crippen molar-refractivity contribution in [2.45, 2.75) is 110 Å². The molecule has 0 radical (unpaired) electrons. The van der Waals surface area contributed by atoms with Gasteiger partial charge in [-0.25, -0.2) is 4.79 Å². The van der Waals surface area contributed by atoms with E-state index in [4.69, 9.17) is 21.4 Å². The van der Waals surface area contributed by atoms with Gasteiger partial charge in [0.2, 0.25) is 0 Å². The van der Waals surface area contributed by atoms with Crippen LogP contribution in [0, 0.1) is 0 Å². The lowest BCUT2D eigenvalue weighted by molar-refractivity contribution is -0.144. The summed E-state index contributed by atoms with van der Waals surface area (Å²) in [5.41, 5.74) is 1.04. The highest BCUT2D eigenvalue weighted by Crippen LogP contribution is 2.25. The second-order valence-electron chi connectivity index (χ2n) is 7.84. The summed E-state index contributed by atoms with van der Waals surface area (Å²) >= 11 is 6.27.